The Morgan fingerprint density at radius 2 is 1.54 bits per heavy atom. The summed E-state index contributed by atoms with van der Waals surface area (Å²) in [6.45, 7) is 2.07. The van der Waals surface area contributed by atoms with E-state index < -0.39 is 46.6 Å². The van der Waals surface area contributed by atoms with Crippen LogP contribution >= 0.6 is 0 Å². The molecule has 1 aromatic carbocycles. The molecule has 0 radical (unpaired) electrons. The molecule has 2 fully saturated rings. The number of amides is 2. The van der Waals surface area contributed by atoms with Crippen molar-refractivity contribution in [2.75, 3.05) is 33.2 Å². The molecule has 6 nitrogen and oxygen atoms in total. The highest BCUT2D eigenvalue weighted by molar-refractivity contribution is 5.94. The summed E-state index contributed by atoms with van der Waals surface area (Å²) >= 11 is 0. The Labute approximate surface area is 199 Å². The highest BCUT2D eigenvalue weighted by Gasteiger charge is 2.42. The number of carboxylic acid groups (broad SMARTS) is 1. The molecule has 12 heteroatoms. The van der Waals surface area contributed by atoms with Gasteiger partial charge in [0, 0.05) is 25.7 Å². The molecule has 1 aliphatic carbocycles. The van der Waals surface area contributed by atoms with Crippen LogP contribution in [0, 0.1) is 5.92 Å². The number of nitrogens with one attached hydrogen (secondary N) is 1. The van der Waals surface area contributed by atoms with Crippen LogP contribution in [0.25, 0.3) is 0 Å². The number of hydrogen-bond acceptors (Lipinski definition) is 3. The second kappa shape index (κ2) is 10.2. The van der Waals surface area contributed by atoms with Gasteiger partial charge in [0.25, 0.3) is 5.91 Å². The summed E-state index contributed by atoms with van der Waals surface area (Å²) in [5.74, 6) is -0.975. The van der Waals surface area contributed by atoms with E-state index in [2.05, 4.69) is 10.2 Å². The zero-order chi connectivity index (χ0) is 26.0. The SMILES string of the molecule is CN(C(=O)O)C1(CN2CCC(CNC(=O)c3cc(C(F)(F)F)cc(C(F)(F)F)c3)CC2)CCCC1. The van der Waals surface area contributed by atoms with Crippen LogP contribution in [-0.4, -0.2) is 65.7 Å². The minimum Gasteiger partial charge on any atom is -0.465 e. The van der Waals surface area contributed by atoms with Crippen LogP contribution < -0.4 is 5.32 Å². The van der Waals surface area contributed by atoms with Gasteiger partial charge in [0.05, 0.1) is 16.7 Å². The summed E-state index contributed by atoms with van der Waals surface area (Å²) in [7, 11) is 1.59. The van der Waals surface area contributed by atoms with Gasteiger partial charge < -0.3 is 20.2 Å². The first-order valence-electron chi connectivity index (χ1n) is 11.5. The van der Waals surface area contributed by atoms with Crippen molar-refractivity contribution >= 4 is 12.0 Å². The number of benzene rings is 1. The van der Waals surface area contributed by atoms with Gasteiger partial charge >= 0.3 is 18.4 Å². The van der Waals surface area contributed by atoms with Gasteiger partial charge in [-0.15, -0.1) is 0 Å². The summed E-state index contributed by atoms with van der Waals surface area (Å²) in [6.07, 6.45) is -6.15. The van der Waals surface area contributed by atoms with Gasteiger partial charge in [-0.05, 0) is 62.9 Å². The number of likely N-dealkylation sites (N-methyl/N-ethyl adjacent to an activating group) is 1. The zero-order valence-corrected chi connectivity index (χ0v) is 19.3. The maximum atomic E-state index is 13.0. The lowest BCUT2D eigenvalue weighted by atomic mass is 9.91. The third kappa shape index (κ3) is 6.59. The van der Waals surface area contributed by atoms with Gasteiger partial charge in [0.15, 0.2) is 0 Å². The summed E-state index contributed by atoms with van der Waals surface area (Å²) in [4.78, 5) is 27.5. The number of hydrogen-bond donors (Lipinski definition) is 2. The second-order valence-corrected chi connectivity index (χ2v) is 9.50. The summed E-state index contributed by atoms with van der Waals surface area (Å²) in [5, 5.41) is 11.9. The normalized spacial score (nSPS) is 19.5. The van der Waals surface area contributed by atoms with E-state index in [9.17, 15) is 41.0 Å². The number of carbonyl (C=O) groups is 2. The van der Waals surface area contributed by atoms with E-state index >= 15 is 0 Å². The molecule has 2 amide bonds. The maximum absolute atomic E-state index is 13.0. The molecule has 196 valence electrons. The van der Waals surface area contributed by atoms with Gasteiger partial charge in [0.1, 0.15) is 0 Å². The lowest BCUT2D eigenvalue weighted by Gasteiger charge is -2.43. The minimum atomic E-state index is -5.02. The Morgan fingerprint density at radius 3 is 2.00 bits per heavy atom. The van der Waals surface area contributed by atoms with Crippen LogP contribution in [0.1, 0.15) is 60.0 Å². The van der Waals surface area contributed by atoms with Crippen LogP contribution in [0.15, 0.2) is 18.2 Å². The molecule has 1 saturated heterocycles. The Kier molecular flexibility index (Phi) is 7.93. The lowest BCUT2D eigenvalue weighted by Crippen LogP contribution is -2.55. The van der Waals surface area contributed by atoms with E-state index in [1.807, 2.05) is 0 Å². The molecule has 2 aliphatic rings. The molecule has 0 atom stereocenters. The van der Waals surface area contributed by atoms with Crippen molar-refractivity contribution in [1.82, 2.24) is 15.1 Å². The van der Waals surface area contributed by atoms with Crippen molar-refractivity contribution in [3.63, 3.8) is 0 Å². The van der Waals surface area contributed by atoms with Gasteiger partial charge in [-0.1, -0.05) is 12.8 Å². The van der Waals surface area contributed by atoms with Crippen molar-refractivity contribution in [2.24, 2.45) is 5.92 Å². The average Bonchev–Trinajstić information content (AvgIpc) is 3.25. The maximum Gasteiger partial charge on any atom is 0.416 e. The fraction of sp³-hybridized carbons (Fsp3) is 0.652. The smallest absolute Gasteiger partial charge is 0.416 e. The molecule has 1 saturated carbocycles. The molecular formula is C23H29F6N3O3. The third-order valence-corrected chi connectivity index (χ3v) is 7.16. The Balaban J connectivity index is 1.57. The number of carbonyl (C=O) groups excluding carboxylic acids is 1. The van der Waals surface area contributed by atoms with Crippen LogP contribution in [-0.2, 0) is 12.4 Å². The Morgan fingerprint density at radius 1 is 1.03 bits per heavy atom. The van der Waals surface area contributed by atoms with Gasteiger partial charge in [-0.2, -0.15) is 26.3 Å². The number of piperidine rings is 1. The highest BCUT2D eigenvalue weighted by Crippen LogP contribution is 2.37. The zero-order valence-electron chi connectivity index (χ0n) is 19.3. The number of likely N-dealkylation sites (tertiary alicyclic amines) is 1. The quantitative estimate of drug-likeness (QED) is 0.525. The monoisotopic (exact) mass is 509 g/mol. The van der Waals surface area contributed by atoms with Crippen LogP contribution in [0.4, 0.5) is 31.1 Å². The van der Waals surface area contributed by atoms with Crippen molar-refractivity contribution in [2.45, 2.75) is 56.4 Å². The molecule has 0 aromatic heterocycles. The Bertz CT molecular complexity index is 888. The largest absolute Gasteiger partial charge is 0.465 e. The predicted molar refractivity (Wildman–Crippen MR) is 115 cm³/mol. The second-order valence-electron chi connectivity index (χ2n) is 9.50. The standard InChI is InChI=1S/C23H29F6N3O3/c1-31(20(34)35)21(6-2-3-7-21)14-32-8-4-15(5-9-32)13-30-19(33)16-10-17(22(24,25)26)12-18(11-16)23(27,28)29/h10-12,15H,2-9,13-14H2,1H3,(H,30,33)(H,34,35). The first kappa shape index (κ1) is 27.1. The van der Waals surface area contributed by atoms with Crippen molar-refractivity contribution in [3.8, 4) is 0 Å². The minimum absolute atomic E-state index is 0.00853. The van der Waals surface area contributed by atoms with Crippen LogP contribution in [0.2, 0.25) is 0 Å². The average molecular weight is 509 g/mol. The summed E-state index contributed by atoms with van der Waals surface area (Å²) < 4.78 is 78.2. The third-order valence-electron chi connectivity index (χ3n) is 7.16. The van der Waals surface area contributed by atoms with Crippen molar-refractivity contribution in [1.29, 1.82) is 0 Å². The molecule has 0 spiro atoms. The molecule has 2 N–H and O–H groups in total. The Hall–Kier alpha value is -2.50. The first-order valence-corrected chi connectivity index (χ1v) is 11.5. The molecular weight excluding hydrogens is 480 g/mol. The first-order chi connectivity index (χ1) is 16.2. The molecule has 1 heterocycles. The van der Waals surface area contributed by atoms with Crippen molar-refractivity contribution in [3.05, 3.63) is 34.9 Å². The van der Waals surface area contributed by atoms with Crippen LogP contribution in [0.3, 0.4) is 0 Å². The van der Waals surface area contributed by atoms with Gasteiger partial charge in [-0.3, -0.25) is 4.79 Å². The number of nitrogens with zero attached hydrogens (tertiary/aromatic N) is 2. The summed E-state index contributed by atoms with van der Waals surface area (Å²) in [5.41, 5.74) is -4.17. The number of halogens is 6. The predicted octanol–water partition coefficient (Wildman–Crippen LogP) is 5.09. The molecule has 0 unspecified atom stereocenters. The number of alkyl halides is 6. The molecule has 35 heavy (non-hydrogen) atoms. The van der Waals surface area contributed by atoms with E-state index in [-0.39, 0.29) is 18.5 Å². The topological polar surface area (TPSA) is 72.9 Å². The van der Waals surface area contributed by atoms with Gasteiger partial charge in [-0.25, -0.2) is 4.79 Å². The molecule has 1 aromatic rings. The fourth-order valence-corrected chi connectivity index (χ4v) is 5.03. The molecule has 1 aliphatic heterocycles. The fourth-order valence-electron chi connectivity index (χ4n) is 5.03. The van der Waals surface area contributed by atoms with E-state index in [0.29, 0.717) is 44.6 Å². The van der Waals surface area contributed by atoms with E-state index in [1.54, 1.807) is 7.05 Å². The molecule has 0 bridgehead atoms. The van der Waals surface area contributed by atoms with E-state index in [1.165, 1.54) is 4.90 Å². The van der Waals surface area contributed by atoms with E-state index in [0.717, 1.165) is 25.7 Å². The highest BCUT2D eigenvalue weighted by atomic mass is 19.4. The van der Waals surface area contributed by atoms with Gasteiger partial charge in [0.2, 0.25) is 0 Å². The van der Waals surface area contributed by atoms with E-state index in [4.69, 9.17) is 0 Å². The summed E-state index contributed by atoms with van der Waals surface area (Å²) in [6, 6.07) is 0.839. The lowest BCUT2D eigenvalue weighted by molar-refractivity contribution is -0.143. The van der Waals surface area contributed by atoms with Crippen LogP contribution in [0.5, 0.6) is 0 Å². The van der Waals surface area contributed by atoms with Crippen molar-refractivity contribution < 1.29 is 41.0 Å². The molecule has 3 rings (SSSR count). The number of rotatable bonds is 6.